The van der Waals surface area contributed by atoms with Crippen LogP contribution in [0.25, 0.3) is 120 Å². The van der Waals surface area contributed by atoms with E-state index in [0.717, 1.165) is 44.2 Å². The normalized spacial score (nSPS) is 11.6. The van der Waals surface area contributed by atoms with Gasteiger partial charge < -0.3 is 0 Å². The van der Waals surface area contributed by atoms with Crippen molar-refractivity contribution in [2.75, 3.05) is 0 Å². The number of aromatic nitrogens is 3. The summed E-state index contributed by atoms with van der Waals surface area (Å²) in [6.45, 7) is 0. The van der Waals surface area contributed by atoms with E-state index in [4.69, 9.17) is 15.0 Å². The van der Waals surface area contributed by atoms with Crippen LogP contribution < -0.4 is 0 Å². The Kier molecular flexibility index (Phi) is 8.36. The van der Waals surface area contributed by atoms with Crippen LogP contribution in [0.3, 0.4) is 0 Å². The van der Waals surface area contributed by atoms with Crippen molar-refractivity contribution in [3.63, 3.8) is 0 Å². The van der Waals surface area contributed by atoms with Crippen LogP contribution in [0.5, 0.6) is 0 Å². The second-order valence-electron chi connectivity index (χ2n) is 15.7. The minimum atomic E-state index is 0.635. The SMILES string of the molecule is c1cc(-c2cccc(-c3nc(-c4ccc5ccccc5c4)nc(-c4ccc5ccccc5c4)n3)c2)cc(-c2cccc(-c3cccc4c3sc3cc5ccccc5cc34)c2)c1. The molecule has 4 heteroatoms. The summed E-state index contributed by atoms with van der Waals surface area (Å²) in [5.41, 5.74) is 9.87. The second kappa shape index (κ2) is 14.5. The molecule has 0 saturated carbocycles. The predicted octanol–water partition coefficient (Wildman–Crippen LogP) is 15.7. The number of hydrogen-bond acceptors (Lipinski definition) is 4. The zero-order valence-corrected chi connectivity index (χ0v) is 33.8. The van der Waals surface area contributed by atoms with Crippen LogP contribution in [0, 0.1) is 0 Å². The molecule has 0 amide bonds. The third-order valence-corrected chi connectivity index (χ3v) is 13.0. The van der Waals surface area contributed by atoms with Crippen LogP contribution in [-0.4, -0.2) is 15.0 Å². The van der Waals surface area contributed by atoms with Crippen molar-refractivity contribution in [3.05, 3.63) is 212 Å². The monoisotopic (exact) mass is 793 g/mol. The van der Waals surface area contributed by atoms with Crippen molar-refractivity contribution in [1.82, 2.24) is 15.0 Å². The topological polar surface area (TPSA) is 38.7 Å². The molecule has 2 heterocycles. The van der Waals surface area contributed by atoms with Crippen LogP contribution in [0.2, 0.25) is 0 Å². The number of hydrogen-bond donors (Lipinski definition) is 0. The van der Waals surface area contributed by atoms with Gasteiger partial charge in [0.25, 0.3) is 0 Å². The summed E-state index contributed by atoms with van der Waals surface area (Å²) in [5.74, 6) is 1.92. The molecule has 2 aromatic heterocycles. The Bertz CT molecular complexity index is 3580. The van der Waals surface area contributed by atoms with Crippen molar-refractivity contribution < 1.29 is 0 Å². The van der Waals surface area contributed by atoms with Gasteiger partial charge in [-0.3, -0.25) is 0 Å². The van der Waals surface area contributed by atoms with Crippen molar-refractivity contribution in [3.8, 4) is 67.5 Å². The number of fused-ring (bicyclic) bond motifs is 6. The largest absolute Gasteiger partial charge is 0.208 e. The van der Waals surface area contributed by atoms with E-state index in [-0.39, 0.29) is 0 Å². The van der Waals surface area contributed by atoms with E-state index in [1.165, 1.54) is 58.4 Å². The van der Waals surface area contributed by atoms with Crippen LogP contribution >= 0.6 is 11.3 Å². The maximum absolute atomic E-state index is 5.13. The first-order chi connectivity index (χ1) is 30.2. The lowest BCUT2D eigenvalue weighted by atomic mass is 9.95. The van der Waals surface area contributed by atoms with Gasteiger partial charge in [0.15, 0.2) is 17.5 Å². The molecule has 0 bridgehead atoms. The molecule has 0 atom stereocenters. The molecule has 0 radical (unpaired) electrons. The number of thiophene rings is 1. The maximum atomic E-state index is 5.13. The van der Waals surface area contributed by atoms with Gasteiger partial charge in [0.1, 0.15) is 0 Å². The summed E-state index contributed by atoms with van der Waals surface area (Å²) in [6, 6.07) is 76.0. The Labute approximate surface area is 356 Å². The van der Waals surface area contributed by atoms with Gasteiger partial charge in [-0.2, -0.15) is 0 Å². The lowest BCUT2D eigenvalue weighted by Crippen LogP contribution is -2.00. The highest BCUT2D eigenvalue weighted by atomic mass is 32.1. The van der Waals surface area contributed by atoms with Crippen LogP contribution in [0.1, 0.15) is 0 Å². The molecule has 0 aliphatic carbocycles. The molecule has 12 aromatic rings. The minimum Gasteiger partial charge on any atom is -0.208 e. The molecular formula is C57H35N3S. The lowest BCUT2D eigenvalue weighted by Gasteiger charge is -2.11. The third kappa shape index (κ3) is 6.42. The molecule has 0 saturated heterocycles. The highest BCUT2D eigenvalue weighted by molar-refractivity contribution is 7.26. The molecule has 0 aliphatic heterocycles. The number of nitrogens with zero attached hydrogens (tertiary/aromatic N) is 3. The van der Waals surface area contributed by atoms with Gasteiger partial charge in [0.2, 0.25) is 0 Å². The van der Waals surface area contributed by atoms with E-state index in [9.17, 15) is 0 Å². The van der Waals surface area contributed by atoms with Crippen molar-refractivity contribution in [1.29, 1.82) is 0 Å². The van der Waals surface area contributed by atoms with Gasteiger partial charge >= 0.3 is 0 Å². The van der Waals surface area contributed by atoms with E-state index < -0.39 is 0 Å². The molecule has 0 N–H and O–H groups in total. The van der Waals surface area contributed by atoms with Gasteiger partial charge in [-0.15, -0.1) is 11.3 Å². The zero-order valence-electron chi connectivity index (χ0n) is 33.0. The fourth-order valence-corrected chi connectivity index (χ4v) is 9.98. The maximum Gasteiger partial charge on any atom is 0.164 e. The van der Waals surface area contributed by atoms with Crippen LogP contribution in [-0.2, 0) is 0 Å². The average Bonchev–Trinajstić information content (AvgIpc) is 3.70. The molecule has 0 unspecified atom stereocenters. The molecular weight excluding hydrogens is 759 g/mol. The molecule has 10 aromatic carbocycles. The Morgan fingerprint density at radius 2 is 0.672 bits per heavy atom. The highest BCUT2D eigenvalue weighted by Gasteiger charge is 2.16. The van der Waals surface area contributed by atoms with Crippen molar-refractivity contribution in [2.45, 2.75) is 0 Å². The molecule has 0 fully saturated rings. The fourth-order valence-electron chi connectivity index (χ4n) is 8.71. The summed E-state index contributed by atoms with van der Waals surface area (Å²) < 4.78 is 2.64. The molecule has 61 heavy (non-hydrogen) atoms. The average molecular weight is 794 g/mol. The van der Waals surface area contributed by atoms with E-state index in [1.807, 2.05) is 11.3 Å². The first-order valence-electron chi connectivity index (χ1n) is 20.6. The van der Waals surface area contributed by atoms with Crippen LogP contribution in [0.4, 0.5) is 0 Å². The molecule has 12 rings (SSSR count). The third-order valence-electron chi connectivity index (χ3n) is 11.8. The second-order valence-corrected chi connectivity index (χ2v) is 16.7. The summed E-state index contributed by atoms with van der Waals surface area (Å²) in [7, 11) is 0. The fraction of sp³-hybridized carbons (Fsp3) is 0. The van der Waals surface area contributed by atoms with Gasteiger partial charge in [-0.1, -0.05) is 170 Å². The summed E-state index contributed by atoms with van der Waals surface area (Å²) in [4.78, 5) is 15.4. The number of benzene rings is 10. The standard InChI is InChI=1S/C57H35N3S/c1-3-13-38-31-48(27-25-36(38)11-1)56-58-55(59-57(60-56)49-28-26-37-12-2-4-14-39(37)32-49)47-22-9-20-43(33-47)41-18-7-17-40(29-41)42-19-8-21-46(30-42)50-23-10-24-51-52-34-44-15-5-6-16-45(44)35-53(52)61-54(50)51/h1-35H. The Morgan fingerprint density at radius 3 is 1.23 bits per heavy atom. The summed E-state index contributed by atoms with van der Waals surface area (Å²) in [6.07, 6.45) is 0. The minimum absolute atomic E-state index is 0.635. The number of rotatable bonds is 6. The van der Waals surface area contributed by atoms with Crippen LogP contribution in [0.15, 0.2) is 212 Å². The predicted molar refractivity (Wildman–Crippen MR) is 258 cm³/mol. The van der Waals surface area contributed by atoms with E-state index in [2.05, 4.69) is 212 Å². The first-order valence-corrected chi connectivity index (χ1v) is 21.4. The molecule has 0 aliphatic rings. The Morgan fingerprint density at radius 1 is 0.262 bits per heavy atom. The van der Waals surface area contributed by atoms with Crippen molar-refractivity contribution in [2.24, 2.45) is 0 Å². The zero-order chi connectivity index (χ0) is 40.3. The molecule has 3 nitrogen and oxygen atoms in total. The van der Waals surface area contributed by atoms with E-state index >= 15 is 0 Å². The van der Waals surface area contributed by atoms with Gasteiger partial charge in [0, 0.05) is 36.9 Å². The van der Waals surface area contributed by atoms with E-state index in [0.29, 0.717) is 17.5 Å². The van der Waals surface area contributed by atoms with Gasteiger partial charge in [0.05, 0.1) is 0 Å². The first kappa shape index (κ1) is 35.2. The van der Waals surface area contributed by atoms with E-state index in [1.54, 1.807) is 0 Å². The Balaban J connectivity index is 0.923. The lowest BCUT2D eigenvalue weighted by molar-refractivity contribution is 1.08. The Hall–Kier alpha value is -7.79. The molecule has 284 valence electrons. The molecule has 0 spiro atoms. The quantitative estimate of drug-likeness (QED) is 0.168. The van der Waals surface area contributed by atoms with Gasteiger partial charge in [-0.25, -0.2) is 15.0 Å². The summed E-state index contributed by atoms with van der Waals surface area (Å²) >= 11 is 1.88. The van der Waals surface area contributed by atoms with Crippen molar-refractivity contribution >= 4 is 63.8 Å². The summed E-state index contributed by atoms with van der Waals surface area (Å²) in [5, 5.41) is 9.83. The smallest absolute Gasteiger partial charge is 0.164 e. The van der Waals surface area contributed by atoms with Gasteiger partial charge in [-0.05, 0) is 108 Å². The highest BCUT2D eigenvalue weighted by Crippen LogP contribution is 2.42.